The lowest BCUT2D eigenvalue weighted by Gasteiger charge is -2.23. The SMILES string of the molecule is O=C(c1ncccc1O)N(CC1CC1)CC(F)(F)F. The van der Waals surface area contributed by atoms with Crippen LogP contribution in [-0.2, 0) is 0 Å². The van der Waals surface area contributed by atoms with E-state index in [1.54, 1.807) is 0 Å². The second-order valence-corrected chi connectivity index (χ2v) is 4.62. The normalized spacial score (nSPS) is 15.3. The number of aromatic nitrogens is 1. The Morgan fingerprint density at radius 2 is 2.16 bits per heavy atom. The van der Waals surface area contributed by atoms with Crippen LogP contribution in [-0.4, -0.2) is 40.2 Å². The van der Waals surface area contributed by atoms with Crippen LogP contribution in [0.3, 0.4) is 0 Å². The van der Waals surface area contributed by atoms with E-state index in [4.69, 9.17) is 0 Å². The molecular weight excluding hydrogens is 261 g/mol. The third kappa shape index (κ3) is 3.84. The number of carbonyl (C=O) groups is 1. The predicted molar refractivity (Wildman–Crippen MR) is 60.6 cm³/mol. The number of hydrogen-bond donors (Lipinski definition) is 1. The number of amides is 1. The minimum atomic E-state index is -4.46. The molecular formula is C12H13F3N2O2. The average molecular weight is 274 g/mol. The van der Waals surface area contributed by atoms with E-state index in [1.807, 2.05) is 0 Å². The van der Waals surface area contributed by atoms with Crippen LogP contribution in [0.15, 0.2) is 18.3 Å². The predicted octanol–water partition coefficient (Wildman–Crippen LogP) is 2.20. The van der Waals surface area contributed by atoms with E-state index < -0.39 is 24.4 Å². The quantitative estimate of drug-likeness (QED) is 0.915. The van der Waals surface area contributed by atoms with Gasteiger partial charge >= 0.3 is 6.18 Å². The molecule has 4 nitrogen and oxygen atoms in total. The molecule has 1 aliphatic carbocycles. The van der Waals surface area contributed by atoms with Crippen LogP contribution in [0.1, 0.15) is 23.3 Å². The molecule has 0 aliphatic heterocycles. The number of carbonyl (C=O) groups excluding carboxylic acids is 1. The van der Waals surface area contributed by atoms with E-state index in [9.17, 15) is 23.1 Å². The highest BCUT2D eigenvalue weighted by atomic mass is 19.4. The Hall–Kier alpha value is -1.79. The van der Waals surface area contributed by atoms with Gasteiger partial charge in [-0.05, 0) is 30.9 Å². The summed E-state index contributed by atoms with van der Waals surface area (Å²) in [7, 11) is 0. The summed E-state index contributed by atoms with van der Waals surface area (Å²) in [4.78, 5) is 16.4. The molecule has 19 heavy (non-hydrogen) atoms. The van der Waals surface area contributed by atoms with Crippen LogP contribution in [0.25, 0.3) is 0 Å². The summed E-state index contributed by atoms with van der Waals surface area (Å²) in [5, 5.41) is 9.49. The molecule has 104 valence electrons. The molecule has 7 heteroatoms. The second-order valence-electron chi connectivity index (χ2n) is 4.62. The van der Waals surface area contributed by atoms with Crippen LogP contribution in [0.2, 0.25) is 0 Å². The summed E-state index contributed by atoms with van der Waals surface area (Å²) in [6.07, 6.45) is -1.55. The first-order valence-electron chi connectivity index (χ1n) is 5.87. The fourth-order valence-electron chi connectivity index (χ4n) is 1.76. The Labute approximate surface area is 107 Å². The van der Waals surface area contributed by atoms with Gasteiger partial charge in [-0.1, -0.05) is 0 Å². The molecule has 0 unspecified atom stereocenters. The van der Waals surface area contributed by atoms with E-state index in [-0.39, 0.29) is 18.2 Å². The van der Waals surface area contributed by atoms with Gasteiger partial charge in [-0.3, -0.25) is 4.79 Å². The molecule has 1 amide bonds. The van der Waals surface area contributed by atoms with Crippen LogP contribution in [0, 0.1) is 5.92 Å². The molecule has 0 atom stereocenters. The Kier molecular flexibility index (Phi) is 3.64. The van der Waals surface area contributed by atoms with Crippen LogP contribution >= 0.6 is 0 Å². The van der Waals surface area contributed by atoms with Crippen molar-refractivity contribution in [2.45, 2.75) is 19.0 Å². The Balaban J connectivity index is 2.17. The number of halogens is 3. The molecule has 1 aromatic rings. The smallest absolute Gasteiger partial charge is 0.406 e. The fourth-order valence-corrected chi connectivity index (χ4v) is 1.76. The number of rotatable bonds is 4. The molecule has 1 aliphatic rings. The van der Waals surface area contributed by atoms with Gasteiger partial charge in [0.2, 0.25) is 0 Å². The van der Waals surface area contributed by atoms with Gasteiger partial charge in [0.15, 0.2) is 5.69 Å². The highest BCUT2D eigenvalue weighted by Crippen LogP contribution is 2.31. The van der Waals surface area contributed by atoms with Crippen LogP contribution in [0.4, 0.5) is 13.2 Å². The van der Waals surface area contributed by atoms with E-state index in [0.29, 0.717) is 4.90 Å². The average Bonchev–Trinajstić information content (AvgIpc) is 3.10. The van der Waals surface area contributed by atoms with Gasteiger partial charge in [-0.15, -0.1) is 0 Å². The highest BCUT2D eigenvalue weighted by molar-refractivity contribution is 5.94. The van der Waals surface area contributed by atoms with Gasteiger partial charge < -0.3 is 10.0 Å². The molecule has 0 radical (unpaired) electrons. The molecule has 1 aromatic heterocycles. The first-order chi connectivity index (χ1) is 8.87. The lowest BCUT2D eigenvalue weighted by atomic mass is 10.2. The van der Waals surface area contributed by atoms with Crippen molar-refractivity contribution < 1.29 is 23.1 Å². The third-order valence-electron chi connectivity index (χ3n) is 2.82. The van der Waals surface area contributed by atoms with E-state index in [2.05, 4.69) is 4.98 Å². The van der Waals surface area contributed by atoms with Gasteiger partial charge in [0.25, 0.3) is 5.91 Å². The summed E-state index contributed by atoms with van der Waals surface area (Å²) < 4.78 is 37.4. The first-order valence-corrected chi connectivity index (χ1v) is 5.87. The molecule has 2 rings (SSSR count). The number of alkyl halides is 3. The van der Waals surface area contributed by atoms with Crippen molar-refractivity contribution in [3.63, 3.8) is 0 Å². The monoisotopic (exact) mass is 274 g/mol. The summed E-state index contributed by atoms with van der Waals surface area (Å²) in [5.74, 6) is -1.17. The minimum absolute atomic E-state index is 0.0500. The highest BCUT2D eigenvalue weighted by Gasteiger charge is 2.37. The Morgan fingerprint density at radius 3 is 2.68 bits per heavy atom. The van der Waals surface area contributed by atoms with Crippen molar-refractivity contribution in [1.29, 1.82) is 0 Å². The standard InChI is InChI=1S/C12H13F3N2O2/c13-12(14,15)7-17(6-8-3-4-8)11(19)10-9(18)2-1-5-16-10/h1-2,5,8,18H,3-4,6-7H2. The number of aromatic hydroxyl groups is 1. The zero-order valence-corrected chi connectivity index (χ0v) is 10.0. The topological polar surface area (TPSA) is 53.4 Å². The largest absolute Gasteiger partial charge is 0.505 e. The van der Waals surface area contributed by atoms with Gasteiger partial charge in [-0.25, -0.2) is 4.98 Å². The van der Waals surface area contributed by atoms with Crippen molar-refractivity contribution in [3.8, 4) is 5.75 Å². The molecule has 0 bridgehead atoms. The Bertz CT molecular complexity index is 472. The van der Waals surface area contributed by atoms with Crippen molar-refractivity contribution >= 4 is 5.91 Å². The molecule has 1 heterocycles. The summed E-state index contributed by atoms with van der Waals surface area (Å²) in [5.41, 5.74) is -0.340. The van der Waals surface area contributed by atoms with Crippen molar-refractivity contribution in [3.05, 3.63) is 24.0 Å². The van der Waals surface area contributed by atoms with E-state index >= 15 is 0 Å². The van der Waals surface area contributed by atoms with Crippen molar-refractivity contribution in [2.24, 2.45) is 5.92 Å². The summed E-state index contributed by atoms with van der Waals surface area (Å²) in [6.45, 7) is -1.27. The maximum atomic E-state index is 12.5. The van der Waals surface area contributed by atoms with Crippen molar-refractivity contribution in [2.75, 3.05) is 13.1 Å². The molecule has 1 saturated carbocycles. The number of nitrogens with zero attached hydrogens (tertiary/aromatic N) is 2. The molecule has 0 spiro atoms. The zero-order chi connectivity index (χ0) is 14.0. The maximum Gasteiger partial charge on any atom is 0.406 e. The zero-order valence-electron chi connectivity index (χ0n) is 10.0. The van der Waals surface area contributed by atoms with Gasteiger partial charge in [0, 0.05) is 12.7 Å². The number of hydrogen-bond acceptors (Lipinski definition) is 3. The van der Waals surface area contributed by atoms with Crippen LogP contribution in [0.5, 0.6) is 5.75 Å². The van der Waals surface area contributed by atoms with E-state index in [0.717, 1.165) is 12.8 Å². The van der Waals surface area contributed by atoms with Gasteiger partial charge in [0.05, 0.1) is 0 Å². The lowest BCUT2D eigenvalue weighted by molar-refractivity contribution is -0.141. The molecule has 1 N–H and O–H groups in total. The summed E-state index contributed by atoms with van der Waals surface area (Å²) >= 11 is 0. The molecule has 0 aromatic carbocycles. The molecule has 1 fully saturated rings. The summed E-state index contributed by atoms with van der Waals surface area (Å²) in [6, 6.07) is 2.63. The van der Waals surface area contributed by atoms with Gasteiger partial charge in [-0.2, -0.15) is 13.2 Å². The minimum Gasteiger partial charge on any atom is -0.505 e. The Morgan fingerprint density at radius 1 is 1.47 bits per heavy atom. The van der Waals surface area contributed by atoms with Crippen molar-refractivity contribution in [1.82, 2.24) is 9.88 Å². The lowest BCUT2D eigenvalue weighted by Crippen LogP contribution is -2.40. The number of pyridine rings is 1. The maximum absolute atomic E-state index is 12.5. The molecule has 0 saturated heterocycles. The fraction of sp³-hybridized carbons (Fsp3) is 0.500. The second kappa shape index (κ2) is 5.07. The van der Waals surface area contributed by atoms with Crippen LogP contribution < -0.4 is 0 Å². The van der Waals surface area contributed by atoms with E-state index in [1.165, 1.54) is 18.3 Å². The first kappa shape index (κ1) is 13.6. The third-order valence-corrected chi connectivity index (χ3v) is 2.82. The van der Waals surface area contributed by atoms with Gasteiger partial charge in [0.1, 0.15) is 12.3 Å².